The number of rotatable bonds is 44. The Morgan fingerprint density at radius 2 is 0.915 bits per heavy atom. The van der Waals surface area contributed by atoms with Crippen molar-refractivity contribution in [3.8, 4) is 0 Å². The lowest BCUT2D eigenvalue weighted by atomic mass is 10.1. The standard InChI is InChI=1S/C49H88NO8P/c1-3-5-7-9-11-13-15-17-19-21-22-23-24-26-28-30-32-34-36-38-40-42-49(53)56-45-47(51)46-58-59(54,55)57-44-43-50-48(52)41-39-37-35-33-31-29-27-25-20-18-16-14-12-10-8-6-4-2/h11-14,17-20,22-23,47,51H,3-10,15-16,21,24-46H2,1-2H3,(H,50,52)(H,54,55)/b13-11-,14-12-,19-17-,20-18-,23-22-. The van der Waals surface area contributed by atoms with Gasteiger partial charge in [0.15, 0.2) is 0 Å². The number of carbonyl (C=O) groups is 2. The molecule has 0 bridgehead atoms. The Labute approximate surface area is 361 Å². The molecule has 0 saturated carbocycles. The van der Waals surface area contributed by atoms with Crippen molar-refractivity contribution in [3.05, 3.63) is 60.8 Å². The molecule has 2 unspecified atom stereocenters. The molecule has 59 heavy (non-hydrogen) atoms. The summed E-state index contributed by atoms with van der Waals surface area (Å²) in [5.74, 6) is -0.532. The summed E-state index contributed by atoms with van der Waals surface area (Å²) in [6, 6.07) is 0. The Kier molecular flexibility index (Phi) is 43.5. The van der Waals surface area contributed by atoms with Crippen molar-refractivity contribution < 1.29 is 37.9 Å². The van der Waals surface area contributed by atoms with Crippen LogP contribution in [-0.2, 0) is 27.9 Å². The molecule has 0 aliphatic rings. The number of esters is 1. The van der Waals surface area contributed by atoms with E-state index < -0.39 is 26.5 Å². The van der Waals surface area contributed by atoms with Crippen molar-refractivity contribution >= 4 is 19.7 Å². The smallest absolute Gasteiger partial charge is 0.463 e. The van der Waals surface area contributed by atoms with E-state index in [1.807, 2.05) is 0 Å². The second kappa shape index (κ2) is 45.2. The van der Waals surface area contributed by atoms with Crippen LogP contribution in [0.2, 0.25) is 0 Å². The zero-order valence-electron chi connectivity index (χ0n) is 37.7. The first-order valence-electron chi connectivity index (χ1n) is 23.8. The predicted octanol–water partition coefficient (Wildman–Crippen LogP) is 13.7. The van der Waals surface area contributed by atoms with Crippen molar-refractivity contribution in [1.82, 2.24) is 5.32 Å². The van der Waals surface area contributed by atoms with Crippen LogP contribution in [0.1, 0.15) is 206 Å². The van der Waals surface area contributed by atoms with Crippen LogP contribution >= 0.6 is 7.82 Å². The minimum atomic E-state index is -4.43. The molecule has 0 radical (unpaired) electrons. The molecule has 0 aromatic carbocycles. The fourth-order valence-corrected chi connectivity index (χ4v) is 7.06. The van der Waals surface area contributed by atoms with E-state index in [-0.39, 0.29) is 32.1 Å². The predicted molar refractivity (Wildman–Crippen MR) is 247 cm³/mol. The minimum absolute atomic E-state index is 0.0743. The molecule has 0 rings (SSSR count). The van der Waals surface area contributed by atoms with Gasteiger partial charge < -0.3 is 20.1 Å². The van der Waals surface area contributed by atoms with Crippen molar-refractivity contribution in [1.29, 1.82) is 0 Å². The third kappa shape index (κ3) is 46.6. The van der Waals surface area contributed by atoms with Crippen LogP contribution in [0, 0.1) is 0 Å². The Morgan fingerprint density at radius 1 is 0.525 bits per heavy atom. The second-order valence-corrected chi connectivity index (χ2v) is 17.2. The maximum Gasteiger partial charge on any atom is 0.472 e. The normalized spacial score (nSPS) is 13.8. The lowest BCUT2D eigenvalue weighted by Crippen LogP contribution is -2.27. The van der Waals surface area contributed by atoms with Crippen LogP contribution < -0.4 is 5.32 Å². The Hall–Kier alpha value is -2.29. The molecule has 0 aromatic rings. The van der Waals surface area contributed by atoms with Crippen molar-refractivity contribution in [2.45, 2.75) is 213 Å². The molecule has 0 fully saturated rings. The molecule has 3 N–H and O–H groups in total. The number of hydrogen-bond donors (Lipinski definition) is 3. The first-order chi connectivity index (χ1) is 28.8. The summed E-state index contributed by atoms with van der Waals surface area (Å²) < 4.78 is 26.9. The number of phosphoric ester groups is 1. The van der Waals surface area contributed by atoms with Crippen LogP contribution in [0.25, 0.3) is 0 Å². The van der Waals surface area contributed by atoms with Crippen molar-refractivity contribution in [2.75, 3.05) is 26.4 Å². The lowest BCUT2D eigenvalue weighted by Gasteiger charge is -2.15. The van der Waals surface area contributed by atoms with Crippen LogP contribution in [-0.4, -0.2) is 54.3 Å². The molecule has 1 amide bonds. The van der Waals surface area contributed by atoms with Gasteiger partial charge in [-0.3, -0.25) is 18.6 Å². The maximum atomic E-state index is 12.1. The molecule has 0 aromatic heterocycles. The van der Waals surface area contributed by atoms with E-state index in [2.05, 4.69) is 79.9 Å². The van der Waals surface area contributed by atoms with Gasteiger partial charge in [0.1, 0.15) is 12.7 Å². The summed E-state index contributed by atoms with van der Waals surface area (Å²) in [4.78, 5) is 34.0. The number of phosphoric acid groups is 1. The van der Waals surface area contributed by atoms with Gasteiger partial charge in [0.05, 0.1) is 13.2 Å². The number of hydrogen-bond acceptors (Lipinski definition) is 7. The van der Waals surface area contributed by atoms with E-state index in [9.17, 15) is 24.2 Å². The van der Waals surface area contributed by atoms with Gasteiger partial charge in [-0.05, 0) is 83.5 Å². The molecule has 0 aliphatic heterocycles. The topological polar surface area (TPSA) is 131 Å². The third-order valence-corrected chi connectivity index (χ3v) is 10.9. The number of aliphatic hydroxyl groups excluding tert-OH is 1. The Bertz CT molecular complexity index is 1150. The van der Waals surface area contributed by atoms with Crippen molar-refractivity contribution in [3.63, 3.8) is 0 Å². The van der Waals surface area contributed by atoms with Gasteiger partial charge in [-0.1, -0.05) is 171 Å². The molecular formula is C49H88NO8P. The van der Waals surface area contributed by atoms with E-state index in [4.69, 9.17) is 13.8 Å². The fourth-order valence-electron chi connectivity index (χ4n) is 6.30. The number of allylic oxidation sites excluding steroid dienone is 10. The number of nitrogens with one attached hydrogen (secondary N) is 1. The van der Waals surface area contributed by atoms with Gasteiger partial charge >= 0.3 is 13.8 Å². The number of ether oxygens (including phenoxy) is 1. The van der Waals surface area contributed by atoms with Gasteiger partial charge in [0.25, 0.3) is 0 Å². The number of amides is 1. The summed E-state index contributed by atoms with van der Waals surface area (Å²) in [7, 11) is -4.43. The van der Waals surface area contributed by atoms with Gasteiger partial charge in [-0.2, -0.15) is 0 Å². The highest BCUT2D eigenvalue weighted by Crippen LogP contribution is 2.42. The summed E-state index contributed by atoms with van der Waals surface area (Å²) >= 11 is 0. The second-order valence-electron chi connectivity index (χ2n) is 15.7. The molecule has 0 saturated heterocycles. The Morgan fingerprint density at radius 3 is 1.37 bits per heavy atom. The van der Waals surface area contributed by atoms with Gasteiger partial charge in [0, 0.05) is 19.4 Å². The van der Waals surface area contributed by atoms with Crippen LogP contribution in [0.4, 0.5) is 0 Å². The zero-order valence-corrected chi connectivity index (χ0v) is 38.6. The molecule has 0 aliphatic carbocycles. The van der Waals surface area contributed by atoms with E-state index in [1.165, 1.54) is 103 Å². The highest BCUT2D eigenvalue weighted by atomic mass is 31.2. The highest BCUT2D eigenvalue weighted by Gasteiger charge is 2.23. The average Bonchev–Trinajstić information content (AvgIpc) is 3.22. The van der Waals surface area contributed by atoms with Crippen LogP contribution in [0.5, 0.6) is 0 Å². The third-order valence-electron chi connectivity index (χ3n) is 9.92. The molecule has 0 spiro atoms. The number of aliphatic hydroxyl groups is 1. The molecule has 10 heteroatoms. The van der Waals surface area contributed by atoms with E-state index in [1.54, 1.807) is 0 Å². The van der Waals surface area contributed by atoms with E-state index in [0.717, 1.165) is 77.0 Å². The minimum Gasteiger partial charge on any atom is -0.463 e. The summed E-state index contributed by atoms with van der Waals surface area (Å²) in [5.41, 5.74) is 0. The highest BCUT2D eigenvalue weighted by molar-refractivity contribution is 7.47. The number of unbranched alkanes of at least 4 members (excludes halogenated alkanes) is 21. The van der Waals surface area contributed by atoms with Gasteiger partial charge in [-0.25, -0.2) is 4.57 Å². The molecule has 9 nitrogen and oxygen atoms in total. The summed E-state index contributed by atoms with van der Waals surface area (Å²) in [6.45, 7) is 3.49. The first-order valence-corrected chi connectivity index (χ1v) is 25.3. The van der Waals surface area contributed by atoms with Gasteiger partial charge in [-0.15, -0.1) is 0 Å². The quantitative estimate of drug-likeness (QED) is 0.0239. The maximum absolute atomic E-state index is 12.1. The summed E-state index contributed by atoms with van der Waals surface area (Å²) in [5, 5.41) is 12.7. The van der Waals surface area contributed by atoms with Crippen LogP contribution in [0.15, 0.2) is 60.8 Å². The fraction of sp³-hybridized carbons (Fsp3) is 0.755. The molecule has 2 atom stereocenters. The largest absolute Gasteiger partial charge is 0.472 e. The summed E-state index contributed by atoms with van der Waals surface area (Å²) in [6.07, 6.45) is 54.3. The van der Waals surface area contributed by atoms with Gasteiger partial charge in [0.2, 0.25) is 5.91 Å². The lowest BCUT2D eigenvalue weighted by molar-refractivity contribution is -0.147. The van der Waals surface area contributed by atoms with Crippen molar-refractivity contribution in [2.24, 2.45) is 0 Å². The van der Waals surface area contributed by atoms with E-state index in [0.29, 0.717) is 6.42 Å². The monoisotopic (exact) mass is 850 g/mol. The van der Waals surface area contributed by atoms with Crippen LogP contribution in [0.3, 0.4) is 0 Å². The van der Waals surface area contributed by atoms with E-state index >= 15 is 0 Å². The molecule has 0 heterocycles. The SMILES string of the molecule is CCCCC/C=C\C/C=C\C/C=C\CCCCCCCCCCC(=O)OCC(O)COP(=O)(O)OCCNC(=O)CCCCCCCCC/C=C\C/C=C\CCCCC. The molecule has 342 valence electrons. The first kappa shape index (κ1) is 56.7. The Balaban J connectivity index is 3.61. The zero-order chi connectivity index (χ0) is 43.2. The average molecular weight is 850 g/mol. The molecular weight excluding hydrogens is 762 g/mol. The number of carbonyl (C=O) groups excluding carboxylic acids is 2.